The molecule has 0 heterocycles. The maximum atomic E-state index is 12.3. The largest absolute Gasteiger partial charge is 0.324 e. The molecule has 4 N–H and O–H groups in total. The van der Waals surface area contributed by atoms with Crippen LogP contribution in [0.2, 0.25) is 0 Å². The van der Waals surface area contributed by atoms with E-state index in [1.807, 2.05) is 6.92 Å². The summed E-state index contributed by atoms with van der Waals surface area (Å²) in [5.74, 6) is -0.337. The maximum absolute atomic E-state index is 12.3. The molecule has 0 unspecified atom stereocenters. The molecule has 2 aromatic rings. The Bertz CT molecular complexity index is 803. The van der Waals surface area contributed by atoms with Gasteiger partial charge in [0.05, 0.1) is 16.6 Å². The fourth-order valence-corrected chi connectivity index (χ4v) is 2.95. The molecule has 6 nitrogen and oxygen atoms in total. The molecule has 7 heteroatoms. The van der Waals surface area contributed by atoms with Crippen LogP contribution in [0.4, 0.5) is 11.4 Å². The van der Waals surface area contributed by atoms with Crippen LogP contribution in [-0.4, -0.2) is 20.4 Å². The lowest BCUT2D eigenvalue weighted by Gasteiger charge is -2.13. The van der Waals surface area contributed by atoms with E-state index in [4.69, 9.17) is 5.73 Å². The number of hydrogen-bond donors (Lipinski definition) is 3. The number of carbonyl (C=O) groups is 1. The van der Waals surface area contributed by atoms with Crippen LogP contribution in [0.1, 0.15) is 12.5 Å². The summed E-state index contributed by atoms with van der Waals surface area (Å²) in [6, 6.07) is 12.3. The Labute approximate surface area is 135 Å². The van der Waals surface area contributed by atoms with Crippen molar-refractivity contribution in [1.29, 1.82) is 0 Å². The first-order valence-electron chi connectivity index (χ1n) is 7.04. The predicted molar refractivity (Wildman–Crippen MR) is 90.7 cm³/mol. The molecule has 0 fully saturated rings. The fraction of sp³-hybridized carbons (Fsp3) is 0.188. The van der Waals surface area contributed by atoms with E-state index in [9.17, 15) is 13.2 Å². The molecule has 0 saturated heterocycles. The Hall–Kier alpha value is -2.38. The zero-order chi connectivity index (χ0) is 17.0. The second kappa shape index (κ2) is 6.80. The van der Waals surface area contributed by atoms with E-state index in [0.29, 0.717) is 11.4 Å². The molecule has 0 aliphatic carbocycles. The molecule has 0 saturated carbocycles. The van der Waals surface area contributed by atoms with Crippen molar-refractivity contribution in [3.8, 4) is 0 Å². The first kappa shape index (κ1) is 17.0. The Kier molecular flexibility index (Phi) is 5.02. The van der Waals surface area contributed by atoms with E-state index in [-0.39, 0.29) is 10.8 Å². The number of carbonyl (C=O) groups excluding carboxylic acids is 1. The van der Waals surface area contributed by atoms with Crippen LogP contribution in [0.25, 0.3) is 0 Å². The molecule has 122 valence electrons. The molecular weight excluding hydrogens is 314 g/mol. The molecule has 0 spiro atoms. The van der Waals surface area contributed by atoms with E-state index in [1.165, 1.54) is 12.1 Å². The van der Waals surface area contributed by atoms with Gasteiger partial charge >= 0.3 is 0 Å². The van der Waals surface area contributed by atoms with Crippen molar-refractivity contribution in [2.24, 2.45) is 5.73 Å². The van der Waals surface area contributed by atoms with E-state index in [0.717, 1.165) is 5.56 Å². The average molecular weight is 333 g/mol. The lowest BCUT2D eigenvalue weighted by Crippen LogP contribution is -2.32. The van der Waals surface area contributed by atoms with E-state index in [1.54, 1.807) is 43.3 Å². The molecule has 0 bridgehead atoms. The van der Waals surface area contributed by atoms with Crippen LogP contribution in [-0.2, 0) is 14.8 Å². The Morgan fingerprint density at radius 1 is 1.13 bits per heavy atom. The van der Waals surface area contributed by atoms with Crippen LogP contribution in [0.15, 0.2) is 53.4 Å². The summed E-state index contributed by atoms with van der Waals surface area (Å²) in [5, 5.41) is 2.68. The van der Waals surface area contributed by atoms with Crippen LogP contribution < -0.4 is 15.8 Å². The first-order chi connectivity index (χ1) is 10.8. The van der Waals surface area contributed by atoms with Crippen molar-refractivity contribution < 1.29 is 13.2 Å². The molecule has 0 aliphatic heterocycles. The summed E-state index contributed by atoms with van der Waals surface area (Å²) in [7, 11) is -3.68. The summed E-state index contributed by atoms with van der Waals surface area (Å²) in [4.78, 5) is 11.9. The van der Waals surface area contributed by atoms with Crippen LogP contribution in [0.5, 0.6) is 0 Å². The minimum atomic E-state index is -3.68. The van der Waals surface area contributed by atoms with Crippen molar-refractivity contribution in [3.63, 3.8) is 0 Å². The van der Waals surface area contributed by atoms with Crippen molar-refractivity contribution >= 4 is 27.3 Å². The Balaban J connectivity index is 2.26. The maximum Gasteiger partial charge on any atom is 0.261 e. The number of sulfonamides is 1. The van der Waals surface area contributed by atoms with Gasteiger partial charge in [0, 0.05) is 5.69 Å². The van der Waals surface area contributed by atoms with Crippen molar-refractivity contribution in [2.75, 3.05) is 10.0 Å². The van der Waals surface area contributed by atoms with Gasteiger partial charge in [-0.25, -0.2) is 8.42 Å². The monoisotopic (exact) mass is 333 g/mol. The van der Waals surface area contributed by atoms with Gasteiger partial charge in [0.2, 0.25) is 5.91 Å². The third-order valence-electron chi connectivity index (χ3n) is 3.21. The summed E-state index contributed by atoms with van der Waals surface area (Å²) >= 11 is 0. The zero-order valence-electron chi connectivity index (χ0n) is 12.9. The van der Waals surface area contributed by atoms with Gasteiger partial charge in [-0.1, -0.05) is 24.3 Å². The lowest BCUT2D eigenvalue weighted by molar-refractivity contribution is -0.117. The van der Waals surface area contributed by atoms with Crippen molar-refractivity contribution in [3.05, 3.63) is 54.1 Å². The van der Waals surface area contributed by atoms with Crippen LogP contribution >= 0.6 is 0 Å². The Morgan fingerprint density at radius 3 is 2.39 bits per heavy atom. The van der Waals surface area contributed by atoms with Crippen molar-refractivity contribution in [2.45, 2.75) is 24.8 Å². The normalized spacial score (nSPS) is 12.5. The number of rotatable bonds is 5. The molecular formula is C16H19N3O3S. The minimum absolute atomic E-state index is 0.168. The van der Waals surface area contributed by atoms with Gasteiger partial charge in [0.25, 0.3) is 10.0 Å². The van der Waals surface area contributed by atoms with Crippen molar-refractivity contribution in [1.82, 2.24) is 0 Å². The van der Waals surface area contributed by atoms with Gasteiger partial charge in [0.15, 0.2) is 0 Å². The van der Waals surface area contributed by atoms with Gasteiger partial charge in [-0.3, -0.25) is 9.52 Å². The number of nitrogens with one attached hydrogen (secondary N) is 2. The van der Waals surface area contributed by atoms with Gasteiger partial charge in [-0.2, -0.15) is 0 Å². The van der Waals surface area contributed by atoms with Gasteiger partial charge in [-0.05, 0) is 43.7 Å². The summed E-state index contributed by atoms with van der Waals surface area (Å²) < 4.78 is 27.1. The number of nitrogens with two attached hydrogens (primary N) is 1. The quantitative estimate of drug-likeness (QED) is 0.779. The molecule has 0 aliphatic rings. The summed E-state index contributed by atoms with van der Waals surface area (Å²) in [6.45, 7) is 3.39. The molecule has 0 aromatic heterocycles. The second-order valence-corrected chi connectivity index (χ2v) is 6.91. The average Bonchev–Trinajstić information content (AvgIpc) is 2.51. The molecule has 2 rings (SSSR count). The molecule has 1 amide bonds. The first-order valence-corrected chi connectivity index (χ1v) is 8.53. The van der Waals surface area contributed by atoms with E-state index in [2.05, 4.69) is 10.0 Å². The highest BCUT2D eigenvalue weighted by atomic mass is 32.2. The predicted octanol–water partition coefficient (Wildman–Crippen LogP) is 2.08. The topological polar surface area (TPSA) is 101 Å². The Morgan fingerprint density at radius 2 is 1.78 bits per heavy atom. The highest BCUT2D eigenvalue weighted by molar-refractivity contribution is 7.92. The zero-order valence-corrected chi connectivity index (χ0v) is 13.7. The number of benzene rings is 2. The molecule has 23 heavy (non-hydrogen) atoms. The second-order valence-electron chi connectivity index (χ2n) is 5.23. The summed E-state index contributed by atoms with van der Waals surface area (Å²) in [5.41, 5.74) is 7.21. The summed E-state index contributed by atoms with van der Waals surface area (Å²) in [6.07, 6.45) is 0. The minimum Gasteiger partial charge on any atom is -0.324 e. The number of amides is 1. The number of anilines is 2. The smallest absolute Gasteiger partial charge is 0.261 e. The van der Waals surface area contributed by atoms with Gasteiger partial charge < -0.3 is 11.1 Å². The molecule has 0 radical (unpaired) electrons. The SMILES string of the molecule is Cc1ccc(NS(=O)(=O)c2ccccc2)cc1NC(=O)[C@@H](C)N. The fourth-order valence-electron chi connectivity index (χ4n) is 1.88. The van der Waals surface area contributed by atoms with Gasteiger partial charge in [-0.15, -0.1) is 0 Å². The highest BCUT2D eigenvalue weighted by Crippen LogP contribution is 2.23. The molecule has 2 aromatic carbocycles. The highest BCUT2D eigenvalue weighted by Gasteiger charge is 2.15. The third kappa shape index (κ3) is 4.30. The number of hydrogen-bond acceptors (Lipinski definition) is 4. The standard InChI is InChI=1S/C16H19N3O3S/c1-11-8-9-13(10-15(11)18-16(20)12(2)17)19-23(21,22)14-6-4-3-5-7-14/h3-10,12,19H,17H2,1-2H3,(H,18,20)/t12-/m1/s1. The number of aryl methyl sites for hydroxylation is 1. The van der Waals surface area contributed by atoms with E-state index < -0.39 is 16.1 Å². The van der Waals surface area contributed by atoms with Crippen LogP contribution in [0.3, 0.4) is 0 Å². The third-order valence-corrected chi connectivity index (χ3v) is 4.61. The van der Waals surface area contributed by atoms with Gasteiger partial charge in [0.1, 0.15) is 0 Å². The van der Waals surface area contributed by atoms with E-state index >= 15 is 0 Å². The lowest BCUT2D eigenvalue weighted by atomic mass is 10.1. The van der Waals surface area contributed by atoms with Crippen LogP contribution in [0, 0.1) is 6.92 Å². The molecule has 1 atom stereocenters.